The van der Waals surface area contributed by atoms with Gasteiger partial charge >= 0.3 is 0 Å². The van der Waals surface area contributed by atoms with Gasteiger partial charge in [-0.1, -0.05) is 38.5 Å². The lowest BCUT2D eigenvalue weighted by Crippen LogP contribution is -2.71. The Bertz CT molecular complexity index is 834. The Morgan fingerprint density at radius 3 is 1.68 bits per heavy atom. The van der Waals surface area contributed by atoms with Gasteiger partial charge < -0.3 is 25.2 Å². The van der Waals surface area contributed by atoms with Crippen LogP contribution in [-0.4, -0.2) is 71.9 Å². The van der Waals surface area contributed by atoms with Gasteiger partial charge in [0.1, 0.15) is 12.5 Å². The van der Waals surface area contributed by atoms with Crippen molar-refractivity contribution in [1.29, 1.82) is 0 Å². The van der Waals surface area contributed by atoms with E-state index >= 15 is 0 Å². The number of aliphatic hydroxyl groups excluding tert-OH is 1. The predicted octanol–water partition coefficient (Wildman–Crippen LogP) is 1.82. The third-order valence-corrected chi connectivity index (χ3v) is 10.5. The van der Waals surface area contributed by atoms with E-state index in [2.05, 4.69) is 21.3 Å². The van der Waals surface area contributed by atoms with Gasteiger partial charge in [-0.05, 0) is 69.6 Å². The molecule has 0 spiro atoms. The van der Waals surface area contributed by atoms with Gasteiger partial charge in [-0.3, -0.25) is 20.2 Å². The molecular formula is C28H46N4O5. The van der Waals surface area contributed by atoms with Crippen LogP contribution < -0.4 is 21.3 Å². The molecular weight excluding hydrogens is 472 g/mol. The van der Waals surface area contributed by atoms with Crippen LogP contribution in [0.1, 0.15) is 96.3 Å². The monoisotopic (exact) mass is 518 g/mol. The van der Waals surface area contributed by atoms with Crippen LogP contribution in [0.3, 0.4) is 0 Å². The van der Waals surface area contributed by atoms with E-state index < -0.39 is 29.4 Å². The first-order valence-electron chi connectivity index (χ1n) is 15.1. The summed E-state index contributed by atoms with van der Waals surface area (Å²) in [4.78, 5) is 26.4. The number of carbonyl (C=O) groups excluding carboxylic acids is 2. The average molecular weight is 519 g/mol. The molecule has 7 aliphatic rings. The van der Waals surface area contributed by atoms with E-state index in [9.17, 15) is 14.7 Å². The van der Waals surface area contributed by atoms with E-state index in [0.717, 1.165) is 25.7 Å². The zero-order valence-corrected chi connectivity index (χ0v) is 22.1. The molecule has 9 nitrogen and oxygen atoms in total. The van der Waals surface area contributed by atoms with Crippen molar-refractivity contribution in [2.75, 3.05) is 13.1 Å². The lowest BCUT2D eigenvalue weighted by molar-refractivity contribution is -0.146. The van der Waals surface area contributed by atoms with Crippen LogP contribution in [-0.2, 0) is 19.1 Å². The normalized spacial score (nSPS) is 43.1. The molecule has 7 fully saturated rings. The quantitative estimate of drug-likeness (QED) is 0.364. The molecule has 2 heterocycles. The summed E-state index contributed by atoms with van der Waals surface area (Å²) in [5.74, 6) is 0.788. The Balaban J connectivity index is 0.999. The fourth-order valence-corrected chi connectivity index (χ4v) is 8.06. The molecule has 5 aliphatic carbocycles. The maximum atomic E-state index is 13.2. The molecule has 2 aliphatic heterocycles. The van der Waals surface area contributed by atoms with Crippen molar-refractivity contribution < 1.29 is 24.2 Å². The number of ether oxygens (including phenoxy) is 2. The number of nitrogens with one attached hydrogen (secondary N) is 4. The molecule has 0 radical (unpaired) electrons. The predicted molar refractivity (Wildman–Crippen MR) is 137 cm³/mol. The largest absolute Gasteiger partial charge is 0.391 e. The van der Waals surface area contributed by atoms with Crippen molar-refractivity contribution in [3.8, 4) is 0 Å². The average Bonchev–Trinajstić information content (AvgIpc) is 3.62. The van der Waals surface area contributed by atoms with Crippen LogP contribution in [0.4, 0.5) is 0 Å². The molecule has 37 heavy (non-hydrogen) atoms. The zero-order valence-electron chi connectivity index (χ0n) is 22.1. The maximum absolute atomic E-state index is 13.2. The van der Waals surface area contributed by atoms with Crippen molar-refractivity contribution in [3.05, 3.63) is 0 Å². The smallest absolute Gasteiger partial charge is 0.251 e. The maximum Gasteiger partial charge on any atom is 0.251 e. The molecule has 0 aromatic heterocycles. The lowest BCUT2D eigenvalue weighted by Gasteiger charge is -2.56. The zero-order chi connectivity index (χ0) is 25.5. The second-order valence-corrected chi connectivity index (χ2v) is 12.8. The summed E-state index contributed by atoms with van der Waals surface area (Å²) in [6.07, 6.45) is 13.7. The molecule has 5 saturated carbocycles. The van der Waals surface area contributed by atoms with Gasteiger partial charge in [0.05, 0.1) is 11.6 Å². The summed E-state index contributed by atoms with van der Waals surface area (Å²) in [6, 6.07) is 0. The Hall–Kier alpha value is -1.26. The third-order valence-electron chi connectivity index (χ3n) is 10.5. The highest BCUT2D eigenvalue weighted by molar-refractivity contribution is 5.83. The fraction of sp³-hybridized carbons (Fsp3) is 0.929. The van der Waals surface area contributed by atoms with Gasteiger partial charge in [-0.2, -0.15) is 0 Å². The second kappa shape index (κ2) is 10.7. The first-order valence-corrected chi connectivity index (χ1v) is 15.1. The molecule has 0 aromatic carbocycles. The Morgan fingerprint density at radius 2 is 1.19 bits per heavy atom. The highest BCUT2D eigenvalue weighted by Gasteiger charge is 2.56. The Kier molecular flexibility index (Phi) is 7.53. The van der Waals surface area contributed by atoms with Gasteiger partial charge in [0, 0.05) is 18.6 Å². The van der Waals surface area contributed by atoms with Crippen molar-refractivity contribution >= 4 is 11.8 Å². The molecule has 2 bridgehead atoms. The first-order chi connectivity index (χ1) is 18.0. The van der Waals surface area contributed by atoms with Crippen molar-refractivity contribution in [1.82, 2.24) is 21.3 Å². The molecule has 0 aromatic rings. The minimum Gasteiger partial charge on any atom is -0.391 e. The lowest BCUT2D eigenvalue weighted by atomic mass is 9.59. The summed E-state index contributed by atoms with van der Waals surface area (Å²) >= 11 is 0. The number of hydrogen-bond acceptors (Lipinski definition) is 7. The number of amides is 2. The first kappa shape index (κ1) is 26.0. The van der Waals surface area contributed by atoms with Crippen LogP contribution in [0.25, 0.3) is 0 Å². The number of hydrogen-bond donors (Lipinski definition) is 5. The Labute approximate surface area is 220 Å². The second-order valence-electron chi connectivity index (χ2n) is 12.8. The summed E-state index contributed by atoms with van der Waals surface area (Å²) in [7, 11) is 0. The highest BCUT2D eigenvalue weighted by Crippen LogP contribution is 2.47. The summed E-state index contributed by atoms with van der Waals surface area (Å²) in [5.41, 5.74) is -1.06. The minimum absolute atomic E-state index is 0.0234. The third kappa shape index (κ3) is 5.31. The van der Waals surface area contributed by atoms with Crippen molar-refractivity contribution in [2.45, 2.75) is 138 Å². The molecule has 4 unspecified atom stereocenters. The topological polar surface area (TPSA) is 121 Å². The van der Waals surface area contributed by atoms with E-state index in [0.29, 0.717) is 44.2 Å². The fourth-order valence-electron chi connectivity index (χ4n) is 8.06. The van der Waals surface area contributed by atoms with Gasteiger partial charge in [0.15, 0.2) is 12.2 Å². The van der Waals surface area contributed by atoms with Crippen molar-refractivity contribution in [2.24, 2.45) is 11.8 Å². The highest BCUT2D eigenvalue weighted by atomic mass is 16.5. The summed E-state index contributed by atoms with van der Waals surface area (Å²) in [5, 5.41) is 24.5. The van der Waals surface area contributed by atoms with Crippen LogP contribution >= 0.6 is 0 Å². The standard InChI is InChI=1S/C28H46N4O5/c33-22-15-27(31-23(34)20-16-29-25(36-20)18-7-3-1-4-8-18)11-13-28(22,14-12-27)32-24(35)21-17-30-26(37-21)19-9-5-2-6-10-19/h18-22,25-26,29-30,33H,1-17H2,(H,31,34)(H,32,35)/t20?,21?,22-,25?,26?,27?,28?/m0/s1. The molecule has 208 valence electrons. The van der Waals surface area contributed by atoms with Crippen molar-refractivity contribution in [3.63, 3.8) is 0 Å². The number of rotatable bonds is 6. The van der Waals surface area contributed by atoms with Gasteiger partial charge in [-0.25, -0.2) is 0 Å². The molecule has 2 amide bonds. The van der Waals surface area contributed by atoms with Gasteiger partial charge in [0.25, 0.3) is 11.8 Å². The number of fused-ring (bicyclic) bond motifs is 3. The molecule has 2 saturated heterocycles. The van der Waals surface area contributed by atoms with Gasteiger partial charge in [-0.15, -0.1) is 0 Å². The molecule has 7 rings (SSSR count). The molecule has 5 atom stereocenters. The molecule has 9 heteroatoms. The molecule has 5 N–H and O–H groups in total. The van der Waals surface area contributed by atoms with E-state index in [-0.39, 0.29) is 24.3 Å². The van der Waals surface area contributed by atoms with Gasteiger partial charge in [0.2, 0.25) is 0 Å². The minimum atomic E-state index is -0.694. The van der Waals surface area contributed by atoms with Crippen LogP contribution in [0.15, 0.2) is 0 Å². The number of carbonyl (C=O) groups is 2. The van der Waals surface area contributed by atoms with E-state index in [1.54, 1.807) is 0 Å². The summed E-state index contributed by atoms with van der Waals surface area (Å²) in [6.45, 7) is 1.07. The SMILES string of the molecule is O=C(NC12CCC(NC(=O)C3CNC(C4CCCCC4)O3)(CC1)[C@@H](O)C2)C1CNC(C2CCCCC2)O1. The van der Waals surface area contributed by atoms with E-state index in [1.165, 1.54) is 51.4 Å². The Morgan fingerprint density at radius 1 is 0.703 bits per heavy atom. The number of aliphatic hydroxyl groups is 1. The van der Waals surface area contributed by atoms with Crippen LogP contribution in [0.5, 0.6) is 0 Å². The van der Waals surface area contributed by atoms with E-state index in [1.807, 2.05) is 0 Å². The van der Waals surface area contributed by atoms with E-state index in [4.69, 9.17) is 9.47 Å². The summed E-state index contributed by atoms with van der Waals surface area (Å²) < 4.78 is 12.3. The van der Waals surface area contributed by atoms with Crippen LogP contribution in [0.2, 0.25) is 0 Å². The van der Waals surface area contributed by atoms with Crippen LogP contribution in [0, 0.1) is 11.8 Å².